The number of nitrogens with one attached hydrogen (secondary N) is 2. The first-order valence-corrected chi connectivity index (χ1v) is 15.0. The summed E-state index contributed by atoms with van der Waals surface area (Å²) in [6, 6.07) is 13.8. The number of ether oxygens (including phenoxy) is 1. The van der Waals surface area contributed by atoms with Crippen LogP contribution < -0.4 is 15.4 Å². The maximum absolute atomic E-state index is 13.9. The summed E-state index contributed by atoms with van der Waals surface area (Å²) in [5.74, 6) is -3.34. The number of hydrogen-bond acceptors (Lipinski definition) is 5. The van der Waals surface area contributed by atoms with Crippen LogP contribution in [0.4, 0.5) is 23.7 Å². The van der Waals surface area contributed by atoms with Crippen LogP contribution in [0.25, 0.3) is 0 Å². The predicted molar refractivity (Wildman–Crippen MR) is 167 cm³/mol. The van der Waals surface area contributed by atoms with Crippen molar-refractivity contribution in [1.82, 2.24) is 15.3 Å². The van der Waals surface area contributed by atoms with Gasteiger partial charge in [0, 0.05) is 37.8 Å². The molecule has 11 heteroatoms. The van der Waals surface area contributed by atoms with E-state index >= 15 is 0 Å². The van der Waals surface area contributed by atoms with Gasteiger partial charge in [-0.2, -0.15) is 0 Å². The number of piperidine rings is 1. The number of urea groups is 1. The van der Waals surface area contributed by atoms with Crippen molar-refractivity contribution in [1.29, 1.82) is 0 Å². The average molecular weight is 627 g/mol. The van der Waals surface area contributed by atoms with Gasteiger partial charge in [-0.15, -0.1) is 0 Å². The molecule has 45 heavy (non-hydrogen) atoms. The number of aryl methyl sites for hydroxylation is 1. The Morgan fingerprint density at radius 2 is 1.62 bits per heavy atom. The zero-order valence-corrected chi connectivity index (χ0v) is 26.4. The van der Waals surface area contributed by atoms with Gasteiger partial charge in [-0.3, -0.25) is 14.5 Å². The fraction of sp³-hybridized carbons (Fsp3) is 0.412. The summed E-state index contributed by atoms with van der Waals surface area (Å²) in [5.41, 5.74) is 3.61. The highest BCUT2D eigenvalue weighted by Gasteiger charge is 2.23. The third kappa shape index (κ3) is 9.95. The molecular weight excluding hydrogens is 585 g/mol. The summed E-state index contributed by atoms with van der Waals surface area (Å²) in [5, 5.41) is 6.93. The van der Waals surface area contributed by atoms with E-state index in [1.54, 1.807) is 12.1 Å². The number of anilines is 1. The first kappa shape index (κ1) is 33.8. The normalized spacial score (nSPS) is 14.2. The largest absolute Gasteiger partial charge is 0.454 e. The molecule has 4 rings (SSSR count). The summed E-state index contributed by atoms with van der Waals surface area (Å²) < 4.78 is 46.0. The Morgan fingerprint density at radius 3 is 2.27 bits per heavy atom. The van der Waals surface area contributed by atoms with Crippen LogP contribution in [0, 0.1) is 24.4 Å². The van der Waals surface area contributed by atoms with Crippen LogP contribution in [0.5, 0.6) is 11.5 Å². The number of nitrogens with zero attached hydrogens (tertiary/aromatic N) is 2. The lowest BCUT2D eigenvalue weighted by Crippen LogP contribution is -2.42. The number of halogens is 3. The first-order valence-electron chi connectivity index (χ1n) is 15.0. The van der Waals surface area contributed by atoms with E-state index in [1.165, 1.54) is 23.1 Å². The van der Waals surface area contributed by atoms with Gasteiger partial charge in [-0.05, 0) is 100 Å². The van der Waals surface area contributed by atoms with E-state index in [1.807, 2.05) is 51.1 Å². The van der Waals surface area contributed by atoms with Crippen molar-refractivity contribution < 1.29 is 32.3 Å². The number of carbonyl (C=O) groups excluding carboxylic acids is 2. The molecule has 3 aromatic carbocycles. The van der Waals surface area contributed by atoms with Crippen LogP contribution in [-0.4, -0.2) is 53.7 Å². The van der Waals surface area contributed by atoms with Crippen molar-refractivity contribution in [3.05, 3.63) is 88.7 Å². The maximum Gasteiger partial charge on any atom is 0.319 e. The molecule has 0 aliphatic carbocycles. The van der Waals surface area contributed by atoms with Crippen LogP contribution in [0.2, 0.25) is 0 Å². The van der Waals surface area contributed by atoms with Gasteiger partial charge in [-0.1, -0.05) is 18.2 Å². The quantitative estimate of drug-likeness (QED) is 0.183. The summed E-state index contributed by atoms with van der Waals surface area (Å²) in [4.78, 5) is 32.4. The second-order valence-electron chi connectivity index (χ2n) is 12.3. The highest BCUT2D eigenvalue weighted by molar-refractivity contribution is 5.89. The van der Waals surface area contributed by atoms with E-state index in [2.05, 4.69) is 22.5 Å². The van der Waals surface area contributed by atoms with Crippen molar-refractivity contribution in [2.24, 2.45) is 0 Å². The summed E-state index contributed by atoms with van der Waals surface area (Å²) in [7, 11) is 0. The number of likely N-dealkylation sites (tertiary alicyclic amines) is 1. The third-order valence-electron chi connectivity index (χ3n) is 7.43. The Hall–Kier alpha value is -4.09. The van der Waals surface area contributed by atoms with Gasteiger partial charge < -0.3 is 15.4 Å². The molecule has 1 saturated heterocycles. The lowest BCUT2D eigenvalue weighted by atomic mass is 9.86. The van der Waals surface area contributed by atoms with Gasteiger partial charge in [0.1, 0.15) is 5.75 Å². The molecule has 242 valence electrons. The number of carbonyl (C=O) groups is 2. The monoisotopic (exact) mass is 626 g/mol. The van der Waals surface area contributed by atoms with Crippen molar-refractivity contribution in [3.63, 3.8) is 0 Å². The highest BCUT2D eigenvalue weighted by atomic mass is 19.2. The summed E-state index contributed by atoms with van der Waals surface area (Å²) >= 11 is 0. The van der Waals surface area contributed by atoms with Crippen LogP contribution in [0.3, 0.4) is 0 Å². The Balaban J connectivity index is 1.25. The van der Waals surface area contributed by atoms with Crippen LogP contribution in [-0.2, 0) is 16.2 Å². The molecule has 0 saturated carbocycles. The number of hydrogen-bond donors (Lipinski definition) is 2. The second-order valence-corrected chi connectivity index (χ2v) is 12.3. The van der Waals surface area contributed by atoms with Gasteiger partial charge in [0.05, 0.1) is 12.1 Å². The van der Waals surface area contributed by atoms with E-state index in [0.717, 1.165) is 38.0 Å². The van der Waals surface area contributed by atoms with E-state index < -0.39 is 23.1 Å². The van der Waals surface area contributed by atoms with E-state index in [9.17, 15) is 22.8 Å². The van der Waals surface area contributed by atoms with E-state index in [-0.39, 0.29) is 30.8 Å². The lowest BCUT2D eigenvalue weighted by Gasteiger charge is -2.33. The molecule has 0 unspecified atom stereocenters. The van der Waals surface area contributed by atoms with Crippen molar-refractivity contribution in [2.75, 3.05) is 31.5 Å². The molecule has 2 N–H and O–H groups in total. The molecule has 3 amide bonds. The smallest absolute Gasteiger partial charge is 0.319 e. The van der Waals surface area contributed by atoms with Crippen LogP contribution in [0.15, 0.2) is 54.6 Å². The van der Waals surface area contributed by atoms with Gasteiger partial charge >= 0.3 is 6.03 Å². The van der Waals surface area contributed by atoms with Crippen LogP contribution >= 0.6 is 0 Å². The summed E-state index contributed by atoms with van der Waals surface area (Å²) in [6.07, 6.45) is 1.92. The molecule has 8 nitrogen and oxygen atoms in total. The molecule has 0 aromatic heterocycles. The first-order chi connectivity index (χ1) is 21.3. The Kier molecular flexibility index (Phi) is 11.1. The fourth-order valence-corrected chi connectivity index (χ4v) is 5.23. The number of rotatable bonds is 10. The SMILES string of the molecule is CC(=O)N(CCNC(=O)Nc1ccc(C)c(C2CCN(Cc3ccc(Oc4cc(F)c(F)cc4F)cc3)CC2)c1)OC(C)(C)C. The predicted octanol–water partition coefficient (Wildman–Crippen LogP) is 7.28. The van der Waals surface area contributed by atoms with Gasteiger partial charge in [0.2, 0.25) is 5.91 Å². The molecular formula is C34H41F3N4O4. The molecule has 3 aromatic rings. The number of amides is 3. The molecule has 0 atom stereocenters. The summed E-state index contributed by atoms with van der Waals surface area (Å²) in [6.45, 7) is 12.0. The minimum absolute atomic E-state index is 0.229. The Labute approximate surface area is 262 Å². The molecule has 1 heterocycles. The maximum atomic E-state index is 13.9. The third-order valence-corrected chi connectivity index (χ3v) is 7.43. The van der Waals surface area contributed by atoms with Crippen molar-refractivity contribution in [3.8, 4) is 11.5 Å². The Morgan fingerprint density at radius 1 is 0.956 bits per heavy atom. The van der Waals surface area contributed by atoms with Gasteiger partial charge in [-0.25, -0.2) is 23.0 Å². The molecule has 0 spiro atoms. The minimum atomic E-state index is -1.26. The zero-order chi connectivity index (χ0) is 32.7. The van der Waals surface area contributed by atoms with Crippen molar-refractivity contribution in [2.45, 2.75) is 65.5 Å². The van der Waals surface area contributed by atoms with Crippen LogP contribution in [0.1, 0.15) is 63.1 Å². The molecule has 1 aliphatic heterocycles. The average Bonchev–Trinajstić information content (AvgIpc) is 2.97. The van der Waals surface area contributed by atoms with E-state index in [4.69, 9.17) is 9.57 Å². The van der Waals surface area contributed by atoms with E-state index in [0.29, 0.717) is 29.5 Å². The zero-order valence-electron chi connectivity index (χ0n) is 26.4. The number of hydroxylamine groups is 2. The highest BCUT2D eigenvalue weighted by Crippen LogP contribution is 2.33. The molecule has 0 bridgehead atoms. The lowest BCUT2D eigenvalue weighted by molar-refractivity contribution is -0.224. The minimum Gasteiger partial charge on any atom is -0.454 e. The van der Waals surface area contributed by atoms with Gasteiger partial charge in [0.15, 0.2) is 23.2 Å². The second kappa shape index (κ2) is 14.8. The fourth-order valence-electron chi connectivity index (χ4n) is 5.23. The molecule has 1 fully saturated rings. The molecule has 1 aliphatic rings. The Bertz CT molecular complexity index is 1490. The topological polar surface area (TPSA) is 83.1 Å². The van der Waals surface area contributed by atoms with Crippen molar-refractivity contribution >= 4 is 17.6 Å². The molecule has 0 radical (unpaired) electrons. The van der Waals surface area contributed by atoms with Gasteiger partial charge in [0.25, 0.3) is 0 Å². The standard InChI is InChI=1S/C34H41F3N4O4/c1-22-6-9-26(39-33(43)38-14-17-41(23(2)42)45-34(3,4)5)18-28(22)25-12-15-40(16-13-25)21-24-7-10-27(11-8-24)44-32-20-30(36)29(35)19-31(32)37/h6-11,18-20,25H,12-17,21H2,1-5H3,(H2,38,39,43). The number of benzene rings is 3.